The fraction of sp³-hybridized carbons (Fsp3) is 0.230. The zero-order valence-corrected chi connectivity index (χ0v) is 44.0. The van der Waals surface area contributed by atoms with E-state index in [9.17, 15) is 0 Å². The van der Waals surface area contributed by atoms with Gasteiger partial charge in [0.25, 0.3) is 0 Å². The molecule has 0 N–H and O–H groups in total. The van der Waals surface area contributed by atoms with Crippen LogP contribution in [0.25, 0.3) is 72.6 Å². The maximum Gasteiger partial charge on any atom is 0.168 e. The molecule has 5 nitrogen and oxygen atoms in total. The first-order chi connectivity index (χ1) is 33.3. The van der Waals surface area contributed by atoms with Gasteiger partial charge in [0.15, 0.2) is 5.65 Å². The number of aryl methyl sites for hydroxylation is 2. The average molecular weight is 1090 g/mol. The summed E-state index contributed by atoms with van der Waals surface area (Å²) in [4.78, 5) is 14.7. The molecular weight excluding hydrogens is 1030 g/mol. The van der Waals surface area contributed by atoms with Gasteiger partial charge in [0.1, 0.15) is 5.58 Å². The van der Waals surface area contributed by atoms with E-state index in [4.69, 9.17) is 23.5 Å². The van der Waals surface area contributed by atoms with Gasteiger partial charge in [-0.1, -0.05) is 164 Å². The van der Waals surface area contributed by atoms with E-state index in [0.29, 0.717) is 11.2 Å². The first-order valence-electron chi connectivity index (χ1n) is 24.8. The molecule has 4 aromatic heterocycles. The molecule has 0 fully saturated rings. The zero-order chi connectivity index (χ0) is 49.7. The van der Waals surface area contributed by atoms with Crippen LogP contribution < -0.4 is 5.19 Å². The minimum atomic E-state index is -2.12. The van der Waals surface area contributed by atoms with Crippen molar-refractivity contribution in [3.8, 4) is 39.5 Å². The number of fused-ring (bicyclic) bond motifs is 4. The van der Waals surface area contributed by atoms with Crippen LogP contribution in [-0.4, -0.2) is 27.6 Å². The molecule has 0 aliphatic carbocycles. The Morgan fingerprint density at radius 1 is 0.706 bits per heavy atom. The van der Waals surface area contributed by atoms with Crippen molar-refractivity contribution in [3.63, 3.8) is 0 Å². The number of aromatic nitrogens is 4. The average Bonchev–Trinajstić information content (AvgIpc) is 3.92. The van der Waals surface area contributed by atoms with Gasteiger partial charge in [-0.15, -0.1) is 53.6 Å². The van der Waals surface area contributed by atoms with Crippen LogP contribution in [0.1, 0.15) is 90.9 Å². The number of pyridine rings is 2. The predicted octanol–water partition coefficient (Wildman–Crippen LogP) is 15.7. The number of imidazole rings is 1. The van der Waals surface area contributed by atoms with Crippen LogP contribution in [0.2, 0.25) is 19.6 Å². The maximum atomic E-state index is 7.56. The number of benzene rings is 6. The molecule has 0 unspecified atom stereocenters. The smallest absolute Gasteiger partial charge is 0.168 e. The maximum absolute atomic E-state index is 7.56. The molecule has 0 aliphatic rings. The van der Waals surface area contributed by atoms with Crippen LogP contribution >= 0.6 is 0 Å². The number of rotatable bonds is 9. The van der Waals surface area contributed by atoms with E-state index < -0.39 is 14.9 Å². The summed E-state index contributed by atoms with van der Waals surface area (Å²) in [7, 11) is -1.63. The second-order valence-electron chi connectivity index (χ2n) is 19.8. The first kappa shape index (κ1) is 44.3. The topological polar surface area (TPSA) is 56.7 Å². The van der Waals surface area contributed by atoms with Crippen LogP contribution in [-0.2, 0) is 25.5 Å². The van der Waals surface area contributed by atoms with Crippen molar-refractivity contribution in [1.82, 2.24) is 19.5 Å². The van der Waals surface area contributed by atoms with Crippen molar-refractivity contribution in [2.45, 2.75) is 92.2 Å². The Morgan fingerprint density at radius 3 is 2.03 bits per heavy atom. The molecule has 4 heterocycles. The van der Waals surface area contributed by atoms with Gasteiger partial charge < -0.3 is 14.0 Å². The van der Waals surface area contributed by atoms with E-state index >= 15 is 0 Å². The number of hydrogen-bond acceptors (Lipinski definition) is 4. The molecular formula is C61H60IrN4OSi-2. The summed E-state index contributed by atoms with van der Waals surface area (Å²) in [6.45, 7) is 20.6. The van der Waals surface area contributed by atoms with Crippen molar-refractivity contribution in [2.75, 3.05) is 0 Å². The third-order valence-corrected chi connectivity index (χ3v) is 14.9. The van der Waals surface area contributed by atoms with E-state index in [0.717, 1.165) is 55.7 Å². The second kappa shape index (κ2) is 19.4. The number of furan rings is 1. The summed E-state index contributed by atoms with van der Waals surface area (Å²) in [6.07, 6.45) is 3.91. The van der Waals surface area contributed by atoms with E-state index in [1.54, 1.807) is 18.2 Å². The number of hydrogen-bond donors (Lipinski definition) is 0. The minimum absolute atomic E-state index is 0. The predicted molar refractivity (Wildman–Crippen MR) is 284 cm³/mol. The van der Waals surface area contributed by atoms with Crippen molar-refractivity contribution in [2.24, 2.45) is 0 Å². The van der Waals surface area contributed by atoms with Crippen LogP contribution in [0.15, 0.2) is 156 Å². The Hall–Kier alpha value is -6.24. The van der Waals surface area contributed by atoms with Gasteiger partial charge in [0.2, 0.25) is 0 Å². The quantitative estimate of drug-likeness (QED) is 0.107. The van der Waals surface area contributed by atoms with Crippen LogP contribution in [0.5, 0.6) is 0 Å². The Labute approximate surface area is 421 Å². The zero-order valence-electron chi connectivity index (χ0n) is 43.6. The Kier molecular flexibility index (Phi) is 12.6. The molecule has 0 saturated heterocycles. The number of para-hydroxylation sites is 1. The number of nitrogens with zero attached hydrogens (tertiary/aromatic N) is 4. The van der Waals surface area contributed by atoms with E-state index in [2.05, 4.69) is 176 Å². The minimum Gasteiger partial charge on any atom is -0.501 e. The summed E-state index contributed by atoms with van der Waals surface area (Å²) in [5, 5.41) is 3.49. The van der Waals surface area contributed by atoms with Gasteiger partial charge in [-0.2, -0.15) is 0 Å². The molecule has 10 rings (SSSR count). The fourth-order valence-electron chi connectivity index (χ4n) is 9.24. The molecule has 68 heavy (non-hydrogen) atoms. The van der Waals surface area contributed by atoms with Crippen molar-refractivity contribution < 1.29 is 28.6 Å². The molecule has 6 aromatic carbocycles. The normalized spacial score (nSPS) is 12.7. The molecule has 0 aliphatic heterocycles. The van der Waals surface area contributed by atoms with Crippen molar-refractivity contribution in [1.29, 1.82) is 0 Å². The van der Waals surface area contributed by atoms with E-state index in [-0.39, 0.29) is 37.4 Å². The molecule has 345 valence electrons. The van der Waals surface area contributed by atoms with Gasteiger partial charge in [-0.3, -0.25) is 4.98 Å². The van der Waals surface area contributed by atoms with Gasteiger partial charge in [0.05, 0.1) is 25.0 Å². The Balaban J connectivity index is 0.000000200. The van der Waals surface area contributed by atoms with Gasteiger partial charge in [0, 0.05) is 53.1 Å². The molecule has 0 bridgehead atoms. The molecule has 0 spiro atoms. The van der Waals surface area contributed by atoms with Crippen molar-refractivity contribution >= 4 is 46.4 Å². The van der Waals surface area contributed by atoms with E-state index in [1.807, 2.05) is 42.7 Å². The van der Waals surface area contributed by atoms with E-state index in [1.165, 1.54) is 44.3 Å². The monoisotopic (exact) mass is 1090 g/mol. The standard InChI is InChI=1S/C37H32N3O.C24H28NSi.Ir/c1-22(2)30-19-26(25-12-7-6-8-13-25)20-31(23(3)4)34(30)40-32-18-24(5)21-38-36(32)39-37(40)29-16-11-15-28-27-14-9-10-17-33(27)41-35(28)29;1-18-12-14-19(15-13-18)22-16-21(23(17-25-22)26(4,5)6)24(2,3)20-10-8-7-9-11-20;/h6-15,17-23H,1-5H3;7-14,16-17H,1-6H3;/q2*-1;/i;1D3;. The Morgan fingerprint density at radius 2 is 1.38 bits per heavy atom. The van der Waals surface area contributed by atoms with Gasteiger partial charge in [-0.05, 0) is 92.8 Å². The second-order valence-corrected chi connectivity index (χ2v) is 24.9. The molecule has 0 atom stereocenters. The van der Waals surface area contributed by atoms with Gasteiger partial charge >= 0.3 is 0 Å². The first-order valence-corrected chi connectivity index (χ1v) is 26.8. The largest absolute Gasteiger partial charge is 0.501 e. The Bertz CT molecular complexity index is 3470. The summed E-state index contributed by atoms with van der Waals surface area (Å²) < 4.78 is 31.5. The van der Waals surface area contributed by atoms with Crippen LogP contribution in [0.4, 0.5) is 0 Å². The molecule has 0 amide bonds. The third kappa shape index (κ3) is 9.32. The van der Waals surface area contributed by atoms with Crippen LogP contribution in [0.3, 0.4) is 0 Å². The molecule has 10 aromatic rings. The fourth-order valence-corrected chi connectivity index (χ4v) is 10.9. The summed E-state index contributed by atoms with van der Waals surface area (Å²) in [5.41, 5.74) is 15.7. The summed E-state index contributed by atoms with van der Waals surface area (Å²) >= 11 is 0. The third-order valence-electron chi connectivity index (χ3n) is 12.9. The molecule has 0 saturated carbocycles. The van der Waals surface area contributed by atoms with Gasteiger partial charge in [-0.25, -0.2) is 4.98 Å². The molecule has 7 heteroatoms. The van der Waals surface area contributed by atoms with Crippen molar-refractivity contribution in [3.05, 3.63) is 197 Å². The molecule has 1 radical (unpaired) electrons. The van der Waals surface area contributed by atoms with Crippen LogP contribution in [0, 0.1) is 25.9 Å². The SMILES string of the molecule is Cc1cnc2nc(-c3[c-]ccc4c3oc3ccccc34)n(-c3c(C(C)C)cc(-c4ccccc4)cc3C(C)C)c2c1.[2H]C([2H])([2H])c1c[c-]c(-c2cc(C(C)(C)c3ccccc3)c([Si](C)(C)C)cn2)cc1.[Ir]. The summed E-state index contributed by atoms with van der Waals surface area (Å²) in [6, 6.07) is 54.1. The summed E-state index contributed by atoms with van der Waals surface area (Å²) in [5.74, 6) is 1.35.